The first kappa shape index (κ1) is 16.6. The number of ether oxygens (including phenoxy) is 2. The number of fused-ring (bicyclic) bond motifs is 1. The summed E-state index contributed by atoms with van der Waals surface area (Å²) >= 11 is 0. The van der Waals surface area contributed by atoms with Crippen molar-refractivity contribution in [3.05, 3.63) is 18.2 Å². The predicted molar refractivity (Wildman–Crippen MR) is 89.0 cm³/mol. The summed E-state index contributed by atoms with van der Waals surface area (Å²) in [5.41, 5.74) is 6.02. The largest absolute Gasteiger partial charge is 0.490 e. The van der Waals surface area contributed by atoms with Crippen molar-refractivity contribution in [2.45, 2.75) is 19.3 Å². The number of amides is 2. The Bertz CT molecular complexity index is 612. The summed E-state index contributed by atoms with van der Waals surface area (Å²) in [5, 5.41) is 2.89. The van der Waals surface area contributed by atoms with Gasteiger partial charge in [-0.05, 0) is 38.1 Å². The summed E-state index contributed by atoms with van der Waals surface area (Å²) in [6.07, 6.45) is 2.27. The number of rotatable bonds is 4. The highest BCUT2D eigenvalue weighted by molar-refractivity contribution is 5.92. The highest BCUT2D eigenvalue weighted by Gasteiger charge is 2.24. The summed E-state index contributed by atoms with van der Waals surface area (Å²) < 4.78 is 11.2. The molecule has 7 heteroatoms. The minimum atomic E-state index is -0.244. The van der Waals surface area contributed by atoms with Crippen molar-refractivity contribution in [2.24, 2.45) is 11.7 Å². The Morgan fingerprint density at radius 2 is 1.88 bits per heavy atom. The van der Waals surface area contributed by atoms with Crippen LogP contribution in [0, 0.1) is 5.92 Å². The van der Waals surface area contributed by atoms with Gasteiger partial charge in [0.15, 0.2) is 11.5 Å². The van der Waals surface area contributed by atoms with Crippen LogP contribution in [0.3, 0.4) is 0 Å². The number of carbonyl (C=O) groups is 2. The van der Waals surface area contributed by atoms with Crippen LogP contribution in [0.1, 0.15) is 19.3 Å². The first-order valence-corrected chi connectivity index (χ1v) is 8.33. The van der Waals surface area contributed by atoms with Gasteiger partial charge >= 0.3 is 0 Å². The Labute approximate surface area is 141 Å². The summed E-state index contributed by atoms with van der Waals surface area (Å²) in [6, 6.07) is 5.41. The molecule has 0 unspecified atom stereocenters. The van der Waals surface area contributed by atoms with Gasteiger partial charge in [-0.1, -0.05) is 0 Å². The molecule has 2 aliphatic heterocycles. The quantitative estimate of drug-likeness (QED) is 0.857. The number of nitrogens with zero attached hydrogens (tertiary/aromatic N) is 1. The molecule has 0 bridgehead atoms. The maximum absolute atomic E-state index is 12.2. The van der Waals surface area contributed by atoms with Crippen molar-refractivity contribution in [1.29, 1.82) is 0 Å². The molecule has 0 radical (unpaired) electrons. The van der Waals surface area contributed by atoms with E-state index in [1.165, 1.54) is 0 Å². The molecule has 2 aliphatic rings. The van der Waals surface area contributed by atoms with Crippen LogP contribution in [-0.4, -0.2) is 49.6 Å². The molecule has 0 aliphatic carbocycles. The van der Waals surface area contributed by atoms with E-state index in [0.717, 1.165) is 6.42 Å². The van der Waals surface area contributed by atoms with Crippen LogP contribution >= 0.6 is 0 Å². The number of nitrogens with one attached hydrogen (secondary N) is 1. The fourth-order valence-corrected chi connectivity index (χ4v) is 3.02. The molecule has 1 aromatic carbocycles. The SMILES string of the molecule is NC(=O)C1CCN(CC(=O)Nc2ccc3c(c2)OCCCO3)CC1. The van der Waals surface area contributed by atoms with Crippen LogP contribution in [0.15, 0.2) is 18.2 Å². The van der Waals surface area contributed by atoms with Gasteiger partial charge in [-0.15, -0.1) is 0 Å². The predicted octanol–water partition coefficient (Wildman–Crippen LogP) is 0.984. The zero-order chi connectivity index (χ0) is 16.9. The fraction of sp³-hybridized carbons (Fsp3) is 0.529. The van der Waals surface area contributed by atoms with Crippen LogP contribution in [0.5, 0.6) is 11.5 Å². The normalized spacial score (nSPS) is 18.7. The number of benzene rings is 1. The smallest absolute Gasteiger partial charge is 0.238 e. The van der Waals surface area contributed by atoms with E-state index in [1.54, 1.807) is 6.07 Å². The van der Waals surface area contributed by atoms with Gasteiger partial charge in [0.2, 0.25) is 11.8 Å². The summed E-state index contributed by atoms with van der Waals surface area (Å²) in [7, 11) is 0. The molecule has 3 rings (SSSR count). The molecule has 0 aromatic heterocycles. The van der Waals surface area contributed by atoms with Crippen LogP contribution in [0.4, 0.5) is 5.69 Å². The van der Waals surface area contributed by atoms with Gasteiger partial charge in [0, 0.05) is 24.1 Å². The third-order valence-electron chi connectivity index (χ3n) is 4.39. The van der Waals surface area contributed by atoms with Crippen LogP contribution < -0.4 is 20.5 Å². The lowest BCUT2D eigenvalue weighted by Gasteiger charge is -2.29. The van der Waals surface area contributed by atoms with E-state index in [-0.39, 0.29) is 17.7 Å². The van der Waals surface area contributed by atoms with Gasteiger partial charge in [-0.2, -0.15) is 0 Å². The van der Waals surface area contributed by atoms with E-state index in [0.29, 0.717) is 62.9 Å². The van der Waals surface area contributed by atoms with E-state index in [9.17, 15) is 9.59 Å². The number of anilines is 1. The molecule has 2 amide bonds. The lowest BCUT2D eigenvalue weighted by atomic mass is 9.96. The molecule has 0 saturated carbocycles. The Balaban J connectivity index is 1.52. The number of nitrogens with two attached hydrogens (primary N) is 1. The monoisotopic (exact) mass is 333 g/mol. The van der Waals surface area contributed by atoms with Gasteiger partial charge < -0.3 is 20.5 Å². The second kappa shape index (κ2) is 7.53. The standard InChI is InChI=1S/C17H23N3O4/c18-17(22)12-4-6-20(7-5-12)11-16(21)19-13-2-3-14-15(10-13)24-9-1-8-23-14/h2-3,10,12H,1,4-9,11H2,(H2,18,22)(H,19,21). The maximum Gasteiger partial charge on any atom is 0.238 e. The zero-order valence-electron chi connectivity index (χ0n) is 13.6. The molecule has 3 N–H and O–H groups in total. The Hall–Kier alpha value is -2.28. The van der Waals surface area contributed by atoms with Crippen LogP contribution in [0.25, 0.3) is 0 Å². The minimum absolute atomic E-state index is 0.0639. The number of carbonyl (C=O) groups excluding carboxylic acids is 2. The number of piperidine rings is 1. The molecule has 1 aromatic rings. The van der Waals surface area contributed by atoms with Gasteiger partial charge in [-0.25, -0.2) is 0 Å². The number of hydrogen-bond donors (Lipinski definition) is 2. The first-order chi connectivity index (χ1) is 11.6. The third kappa shape index (κ3) is 4.17. The van der Waals surface area contributed by atoms with E-state index < -0.39 is 0 Å². The molecule has 1 fully saturated rings. The topological polar surface area (TPSA) is 93.9 Å². The summed E-state index contributed by atoms with van der Waals surface area (Å²) in [5.74, 6) is 0.978. The molecule has 1 saturated heterocycles. The lowest BCUT2D eigenvalue weighted by Crippen LogP contribution is -2.42. The Morgan fingerprint density at radius 1 is 1.17 bits per heavy atom. The zero-order valence-corrected chi connectivity index (χ0v) is 13.6. The molecule has 0 spiro atoms. The number of primary amides is 1. The van der Waals surface area contributed by atoms with Crippen LogP contribution in [-0.2, 0) is 9.59 Å². The van der Waals surface area contributed by atoms with Crippen molar-refractivity contribution >= 4 is 17.5 Å². The van der Waals surface area contributed by atoms with Crippen LogP contribution in [0.2, 0.25) is 0 Å². The van der Waals surface area contributed by atoms with Gasteiger partial charge in [0.1, 0.15) is 0 Å². The molecule has 24 heavy (non-hydrogen) atoms. The van der Waals surface area contributed by atoms with E-state index in [4.69, 9.17) is 15.2 Å². The third-order valence-corrected chi connectivity index (χ3v) is 4.39. The second-order valence-corrected chi connectivity index (χ2v) is 6.21. The minimum Gasteiger partial charge on any atom is -0.490 e. The molecule has 0 atom stereocenters. The van der Waals surface area contributed by atoms with Crippen molar-refractivity contribution in [3.63, 3.8) is 0 Å². The van der Waals surface area contributed by atoms with Crippen molar-refractivity contribution in [1.82, 2.24) is 4.90 Å². The number of hydrogen-bond acceptors (Lipinski definition) is 5. The average molecular weight is 333 g/mol. The highest BCUT2D eigenvalue weighted by atomic mass is 16.5. The molecule has 2 heterocycles. The molecular weight excluding hydrogens is 310 g/mol. The lowest BCUT2D eigenvalue weighted by molar-refractivity contribution is -0.123. The van der Waals surface area contributed by atoms with Gasteiger partial charge in [-0.3, -0.25) is 14.5 Å². The Morgan fingerprint density at radius 3 is 2.58 bits per heavy atom. The maximum atomic E-state index is 12.2. The fourth-order valence-electron chi connectivity index (χ4n) is 3.02. The van der Waals surface area contributed by atoms with E-state index >= 15 is 0 Å². The average Bonchev–Trinajstić information content (AvgIpc) is 2.80. The van der Waals surface area contributed by atoms with Crippen molar-refractivity contribution in [3.8, 4) is 11.5 Å². The highest BCUT2D eigenvalue weighted by Crippen LogP contribution is 2.32. The molecular formula is C17H23N3O4. The van der Waals surface area contributed by atoms with Gasteiger partial charge in [0.25, 0.3) is 0 Å². The van der Waals surface area contributed by atoms with E-state index in [1.807, 2.05) is 17.0 Å². The summed E-state index contributed by atoms with van der Waals surface area (Å²) in [4.78, 5) is 25.4. The molecule has 7 nitrogen and oxygen atoms in total. The second-order valence-electron chi connectivity index (χ2n) is 6.21. The van der Waals surface area contributed by atoms with E-state index in [2.05, 4.69) is 5.32 Å². The Kier molecular flexibility index (Phi) is 5.20. The van der Waals surface area contributed by atoms with Crippen molar-refractivity contribution < 1.29 is 19.1 Å². The van der Waals surface area contributed by atoms with Gasteiger partial charge in [0.05, 0.1) is 19.8 Å². The summed E-state index contributed by atoms with van der Waals surface area (Å²) in [6.45, 7) is 2.98. The molecule has 130 valence electrons. The first-order valence-electron chi connectivity index (χ1n) is 8.33. The van der Waals surface area contributed by atoms with Crippen molar-refractivity contribution in [2.75, 3.05) is 38.2 Å². The number of likely N-dealkylation sites (tertiary alicyclic amines) is 1.